The van der Waals surface area contributed by atoms with Gasteiger partial charge in [-0.2, -0.15) is 4.31 Å². The third kappa shape index (κ3) is 3.35. The predicted molar refractivity (Wildman–Crippen MR) is 110 cm³/mol. The average molecular weight is 431 g/mol. The van der Waals surface area contributed by atoms with Crippen molar-refractivity contribution < 1.29 is 12.8 Å². The Morgan fingerprint density at radius 2 is 1.87 bits per heavy atom. The van der Waals surface area contributed by atoms with E-state index in [0.29, 0.717) is 37.5 Å². The number of benzene rings is 1. The van der Waals surface area contributed by atoms with Crippen LogP contribution in [0.2, 0.25) is 0 Å². The third-order valence-electron chi connectivity index (χ3n) is 6.04. The van der Waals surface area contributed by atoms with Gasteiger partial charge in [-0.1, -0.05) is 0 Å². The summed E-state index contributed by atoms with van der Waals surface area (Å²) in [6, 6.07) is 8.29. The van der Waals surface area contributed by atoms with Gasteiger partial charge in [-0.3, -0.25) is 9.13 Å². The van der Waals surface area contributed by atoms with Crippen LogP contribution in [0.4, 0.5) is 4.39 Å². The molecule has 0 amide bonds. The molecule has 5 rings (SSSR count). The van der Waals surface area contributed by atoms with Crippen LogP contribution >= 0.6 is 0 Å². The number of imidazole rings is 1. The SMILES string of the molecule is O=c1n(CC2CC2)c2cccnc2n1[C@H]1CCCN(S(=O)(=O)c2ccc(F)cc2)C1. The summed E-state index contributed by atoms with van der Waals surface area (Å²) in [5.41, 5.74) is 1.28. The van der Waals surface area contributed by atoms with Crippen molar-refractivity contribution in [3.05, 3.63) is 58.9 Å². The molecule has 1 saturated heterocycles. The first-order valence-electron chi connectivity index (χ1n) is 10.3. The zero-order chi connectivity index (χ0) is 20.9. The summed E-state index contributed by atoms with van der Waals surface area (Å²) in [4.78, 5) is 17.8. The molecule has 9 heteroatoms. The van der Waals surface area contributed by atoms with E-state index in [4.69, 9.17) is 0 Å². The monoisotopic (exact) mass is 430 g/mol. The molecular formula is C21H23FN4O3S. The van der Waals surface area contributed by atoms with Gasteiger partial charge in [-0.25, -0.2) is 22.6 Å². The maximum absolute atomic E-state index is 13.3. The Labute approximate surface area is 173 Å². The van der Waals surface area contributed by atoms with Gasteiger partial charge in [-0.05, 0) is 68.0 Å². The molecule has 1 aliphatic carbocycles. The Morgan fingerprint density at radius 1 is 1.10 bits per heavy atom. The molecule has 2 aliphatic rings. The Balaban J connectivity index is 1.51. The van der Waals surface area contributed by atoms with Crippen LogP contribution in [0.5, 0.6) is 0 Å². The van der Waals surface area contributed by atoms with E-state index in [-0.39, 0.29) is 23.2 Å². The molecule has 0 unspecified atom stereocenters. The number of sulfonamides is 1. The molecule has 1 aromatic carbocycles. The van der Waals surface area contributed by atoms with E-state index in [9.17, 15) is 17.6 Å². The van der Waals surface area contributed by atoms with E-state index >= 15 is 0 Å². The number of aromatic nitrogens is 3. The molecular weight excluding hydrogens is 407 g/mol. The summed E-state index contributed by atoms with van der Waals surface area (Å²) in [5.74, 6) is 0.0511. The minimum Gasteiger partial charge on any atom is -0.290 e. The van der Waals surface area contributed by atoms with E-state index in [1.165, 1.54) is 16.4 Å². The van der Waals surface area contributed by atoms with Crippen LogP contribution in [-0.4, -0.2) is 39.9 Å². The van der Waals surface area contributed by atoms with Gasteiger partial charge in [0.1, 0.15) is 5.82 Å². The van der Waals surface area contributed by atoms with Crippen LogP contribution in [0, 0.1) is 11.7 Å². The van der Waals surface area contributed by atoms with Crippen LogP contribution in [0.25, 0.3) is 11.2 Å². The van der Waals surface area contributed by atoms with E-state index in [0.717, 1.165) is 30.5 Å². The first-order valence-corrected chi connectivity index (χ1v) is 11.7. The van der Waals surface area contributed by atoms with E-state index in [2.05, 4.69) is 4.98 Å². The van der Waals surface area contributed by atoms with Gasteiger partial charge in [0.25, 0.3) is 0 Å². The predicted octanol–water partition coefficient (Wildman–Crippen LogP) is 2.77. The first kappa shape index (κ1) is 19.4. The second kappa shape index (κ2) is 7.31. The molecule has 1 aliphatic heterocycles. The molecule has 0 radical (unpaired) electrons. The van der Waals surface area contributed by atoms with Crippen molar-refractivity contribution in [3.63, 3.8) is 0 Å². The van der Waals surface area contributed by atoms with Crippen LogP contribution < -0.4 is 5.69 Å². The van der Waals surface area contributed by atoms with Crippen LogP contribution in [0.15, 0.2) is 52.3 Å². The molecule has 2 fully saturated rings. The molecule has 7 nitrogen and oxygen atoms in total. The Hall–Kier alpha value is -2.52. The lowest BCUT2D eigenvalue weighted by Crippen LogP contribution is -2.43. The number of pyridine rings is 1. The van der Waals surface area contributed by atoms with Gasteiger partial charge < -0.3 is 0 Å². The molecule has 30 heavy (non-hydrogen) atoms. The van der Waals surface area contributed by atoms with Crippen molar-refractivity contribution in [2.75, 3.05) is 13.1 Å². The fraction of sp³-hybridized carbons (Fsp3) is 0.429. The lowest BCUT2D eigenvalue weighted by molar-refractivity contribution is 0.265. The topological polar surface area (TPSA) is 77.2 Å². The zero-order valence-corrected chi connectivity index (χ0v) is 17.3. The number of halogens is 1. The Bertz CT molecular complexity index is 1250. The van der Waals surface area contributed by atoms with Crippen molar-refractivity contribution in [2.24, 2.45) is 5.92 Å². The van der Waals surface area contributed by atoms with Crippen molar-refractivity contribution in [1.82, 2.24) is 18.4 Å². The molecule has 158 valence electrons. The van der Waals surface area contributed by atoms with Gasteiger partial charge >= 0.3 is 5.69 Å². The normalized spacial score (nSPS) is 20.6. The van der Waals surface area contributed by atoms with Gasteiger partial charge in [0, 0.05) is 25.8 Å². The van der Waals surface area contributed by atoms with E-state index in [1.54, 1.807) is 15.3 Å². The molecule has 0 N–H and O–H groups in total. The largest absolute Gasteiger partial charge is 0.330 e. The number of fused-ring (bicyclic) bond motifs is 1. The molecule has 2 aromatic heterocycles. The summed E-state index contributed by atoms with van der Waals surface area (Å²) >= 11 is 0. The fourth-order valence-corrected chi connectivity index (χ4v) is 5.79. The molecule has 3 heterocycles. The average Bonchev–Trinajstić information content (AvgIpc) is 3.53. The lowest BCUT2D eigenvalue weighted by Gasteiger charge is -2.32. The third-order valence-corrected chi connectivity index (χ3v) is 7.91. The Kier molecular flexibility index (Phi) is 4.74. The number of piperidine rings is 1. The maximum Gasteiger partial charge on any atom is 0.330 e. The zero-order valence-electron chi connectivity index (χ0n) is 16.4. The minimum atomic E-state index is -3.76. The summed E-state index contributed by atoms with van der Waals surface area (Å²) in [5, 5.41) is 0. The molecule has 1 atom stereocenters. The highest BCUT2D eigenvalue weighted by atomic mass is 32.2. The van der Waals surface area contributed by atoms with Gasteiger partial charge in [-0.15, -0.1) is 0 Å². The summed E-state index contributed by atoms with van der Waals surface area (Å²) < 4.78 is 44.2. The van der Waals surface area contributed by atoms with Crippen molar-refractivity contribution in [3.8, 4) is 0 Å². The summed E-state index contributed by atoms with van der Waals surface area (Å²) in [7, 11) is -3.76. The fourth-order valence-electron chi connectivity index (χ4n) is 4.28. The van der Waals surface area contributed by atoms with Crippen LogP contribution in [-0.2, 0) is 16.6 Å². The summed E-state index contributed by atoms with van der Waals surface area (Å²) in [6.07, 6.45) is 5.27. The van der Waals surface area contributed by atoms with E-state index < -0.39 is 15.8 Å². The van der Waals surface area contributed by atoms with Crippen molar-refractivity contribution in [1.29, 1.82) is 0 Å². The summed E-state index contributed by atoms with van der Waals surface area (Å²) in [6.45, 7) is 1.25. The highest BCUT2D eigenvalue weighted by Gasteiger charge is 2.34. The van der Waals surface area contributed by atoms with Crippen molar-refractivity contribution >= 4 is 21.2 Å². The van der Waals surface area contributed by atoms with Gasteiger partial charge in [0.15, 0.2) is 5.65 Å². The molecule has 3 aromatic rings. The van der Waals surface area contributed by atoms with E-state index in [1.807, 2.05) is 12.1 Å². The second-order valence-corrected chi connectivity index (χ2v) is 10.1. The number of rotatable bonds is 5. The molecule has 0 spiro atoms. The Morgan fingerprint density at radius 3 is 2.60 bits per heavy atom. The molecule has 1 saturated carbocycles. The number of hydrogen-bond acceptors (Lipinski definition) is 4. The van der Waals surface area contributed by atoms with Crippen molar-refractivity contribution in [2.45, 2.75) is 43.2 Å². The lowest BCUT2D eigenvalue weighted by atomic mass is 10.1. The number of nitrogens with zero attached hydrogens (tertiary/aromatic N) is 4. The van der Waals surface area contributed by atoms with Gasteiger partial charge in [0.05, 0.1) is 16.5 Å². The molecule has 0 bridgehead atoms. The minimum absolute atomic E-state index is 0.0613. The second-order valence-electron chi connectivity index (χ2n) is 8.17. The standard InChI is InChI=1S/C21H23FN4O3S/c22-16-7-9-18(10-8-16)30(28,29)24-12-2-3-17(14-24)26-20-19(4-1-11-23-20)25(21(26)27)13-15-5-6-15/h1,4,7-11,15,17H,2-3,5-6,12-14H2/t17-/m0/s1. The highest BCUT2D eigenvalue weighted by molar-refractivity contribution is 7.89. The van der Waals surface area contributed by atoms with Crippen LogP contribution in [0.1, 0.15) is 31.7 Å². The quantitative estimate of drug-likeness (QED) is 0.624. The first-order chi connectivity index (χ1) is 14.4. The smallest absolute Gasteiger partial charge is 0.290 e. The van der Waals surface area contributed by atoms with Crippen LogP contribution in [0.3, 0.4) is 0 Å². The maximum atomic E-state index is 13.3. The highest BCUT2D eigenvalue weighted by Crippen LogP contribution is 2.32. The number of hydrogen-bond donors (Lipinski definition) is 0. The van der Waals surface area contributed by atoms with Gasteiger partial charge in [0.2, 0.25) is 10.0 Å².